The molecule has 6 heteroatoms. The van der Waals surface area contributed by atoms with Crippen molar-refractivity contribution < 1.29 is 14.3 Å². The quantitative estimate of drug-likeness (QED) is 0.656. The second kappa shape index (κ2) is 8.05. The van der Waals surface area contributed by atoms with Crippen molar-refractivity contribution >= 4 is 5.91 Å². The Balaban J connectivity index is 1.39. The number of hydrogen-bond acceptors (Lipinski definition) is 4. The number of nitrogens with zero attached hydrogens (tertiary/aromatic N) is 2. The Morgan fingerprint density at radius 2 is 1.70 bits per heavy atom. The van der Waals surface area contributed by atoms with Crippen molar-refractivity contribution in [2.75, 3.05) is 19.8 Å². The molecular weight excluding hydrogens is 378 g/mol. The lowest BCUT2D eigenvalue weighted by Crippen LogP contribution is -2.43. The Morgan fingerprint density at radius 1 is 1.03 bits per heavy atom. The highest BCUT2D eigenvalue weighted by Crippen LogP contribution is 2.49. The molecular formula is C24H25N3O3. The monoisotopic (exact) mass is 403 g/mol. The van der Waals surface area contributed by atoms with Crippen molar-refractivity contribution in [1.29, 1.82) is 0 Å². The minimum Gasteiger partial charge on any atom is -0.348 e. The Hall–Kier alpha value is -2.96. The van der Waals surface area contributed by atoms with Gasteiger partial charge in [-0.2, -0.15) is 0 Å². The van der Waals surface area contributed by atoms with Gasteiger partial charge in [-0.05, 0) is 18.4 Å². The molecule has 0 bridgehead atoms. The van der Waals surface area contributed by atoms with Crippen molar-refractivity contribution in [2.45, 2.75) is 31.1 Å². The molecule has 0 spiro atoms. The van der Waals surface area contributed by atoms with Gasteiger partial charge in [0.2, 0.25) is 5.91 Å². The van der Waals surface area contributed by atoms with E-state index in [2.05, 4.69) is 22.1 Å². The zero-order chi connectivity index (χ0) is 20.4. The molecule has 1 aliphatic carbocycles. The van der Waals surface area contributed by atoms with Crippen LogP contribution in [0.3, 0.4) is 0 Å². The topological polar surface area (TPSA) is 67.5 Å². The van der Waals surface area contributed by atoms with Crippen molar-refractivity contribution in [3.8, 4) is 11.4 Å². The lowest BCUT2D eigenvalue weighted by atomic mass is 9.94. The lowest BCUT2D eigenvalue weighted by molar-refractivity contribution is -0.141. The Bertz CT molecular complexity index is 993. The number of ether oxygens (including phenoxy) is 2. The first kappa shape index (κ1) is 19.0. The molecule has 154 valence electrons. The average Bonchev–Trinajstić information content (AvgIpc) is 3.19. The Labute approximate surface area is 175 Å². The molecule has 6 nitrogen and oxygen atoms in total. The number of rotatable bonds is 7. The highest BCUT2D eigenvalue weighted by atomic mass is 16.7. The summed E-state index contributed by atoms with van der Waals surface area (Å²) in [4.78, 5) is 23.4. The molecule has 5 rings (SSSR count). The summed E-state index contributed by atoms with van der Waals surface area (Å²) in [7, 11) is 0. The Kier molecular flexibility index (Phi) is 5.11. The maximum absolute atomic E-state index is 13.7. The third-order valence-corrected chi connectivity index (χ3v) is 5.87. The first-order chi connectivity index (χ1) is 14.7. The van der Waals surface area contributed by atoms with Gasteiger partial charge in [-0.3, -0.25) is 4.79 Å². The number of carbonyl (C=O) groups is 1. The van der Waals surface area contributed by atoms with Crippen molar-refractivity contribution in [2.24, 2.45) is 0 Å². The molecule has 1 saturated carbocycles. The van der Waals surface area contributed by atoms with Gasteiger partial charge in [0.05, 0.1) is 43.6 Å². The standard InChI is InChI=1S/C24H25N3O3/c28-23(24(11-12-24)19-9-5-2-6-10-19)27(17-21-29-13-14-30-21)16-20-15-25-22(26-20)18-7-3-1-4-8-18/h1-10,15,21H,11-14,16-17H2,(H,25,26). The SMILES string of the molecule is O=C(N(Cc1cnc(-c2ccccc2)[nH]1)CC1OCCO1)C1(c2ccccc2)CC1. The molecule has 1 saturated heterocycles. The summed E-state index contributed by atoms with van der Waals surface area (Å²) in [5.41, 5.74) is 2.57. The van der Waals surface area contributed by atoms with Crippen LogP contribution in [0.2, 0.25) is 0 Å². The number of hydrogen-bond donors (Lipinski definition) is 1. The van der Waals surface area contributed by atoms with E-state index < -0.39 is 5.41 Å². The van der Waals surface area contributed by atoms with Crippen LogP contribution in [0.25, 0.3) is 11.4 Å². The van der Waals surface area contributed by atoms with Crippen LogP contribution in [0.1, 0.15) is 24.1 Å². The second-order valence-corrected chi connectivity index (χ2v) is 7.93. The first-order valence-corrected chi connectivity index (χ1v) is 10.4. The van der Waals surface area contributed by atoms with Gasteiger partial charge in [-0.25, -0.2) is 4.98 Å². The van der Waals surface area contributed by atoms with E-state index in [1.165, 1.54) is 0 Å². The minimum atomic E-state index is -0.428. The van der Waals surface area contributed by atoms with Gasteiger partial charge in [0, 0.05) is 5.56 Å². The first-order valence-electron chi connectivity index (χ1n) is 10.4. The fourth-order valence-electron chi connectivity index (χ4n) is 4.11. The molecule has 2 aliphatic rings. The third kappa shape index (κ3) is 3.76. The maximum Gasteiger partial charge on any atom is 0.233 e. The van der Waals surface area contributed by atoms with Crippen LogP contribution in [-0.2, 0) is 26.2 Å². The molecule has 1 amide bonds. The van der Waals surface area contributed by atoms with Crippen molar-refractivity contribution in [3.05, 3.63) is 78.1 Å². The molecule has 2 aromatic carbocycles. The lowest BCUT2D eigenvalue weighted by Gasteiger charge is -2.29. The number of imidazole rings is 1. The van der Waals surface area contributed by atoms with Gasteiger partial charge >= 0.3 is 0 Å². The van der Waals surface area contributed by atoms with Crippen LogP contribution in [0.4, 0.5) is 0 Å². The summed E-state index contributed by atoms with van der Waals surface area (Å²) in [6.45, 7) is 1.99. The molecule has 0 radical (unpaired) electrons. The summed E-state index contributed by atoms with van der Waals surface area (Å²) < 4.78 is 11.3. The normalized spacial score (nSPS) is 17.7. The van der Waals surface area contributed by atoms with Gasteiger partial charge < -0.3 is 19.4 Å². The summed E-state index contributed by atoms with van der Waals surface area (Å²) in [6.07, 6.45) is 3.17. The largest absolute Gasteiger partial charge is 0.348 e. The van der Waals surface area contributed by atoms with E-state index >= 15 is 0 Å². The predicted molar refractivity (Wildman–Crippen MR) is 112 cm³/mol. The van der Waals surface area contributed by atoms with Crippen molar-refractivity contribution in [3.63, 3.8) is 0 Å². The molecule has 1 aliphatic heterocycles. The molecule has 1 N–H and O–H groups in total. The van der Waals surface area contributed by atoms with Gasteiger partial charge in [0.1, 0.15) is 5.82 Å². The highest BCUT2D eigenvalue weighted by Gasteiger charge is 2.53. The van der Waals surface area contributed by atoms with E-state index in [0.29, 0.717) is 26.3 Å². The van der Waals surface area contributed by atoms with Crippen LogP contribution < -0.4 is 0 Å². The van der Waals surface area contributed by atoms with Crippen LogP contribution in [0.5, 0.6) is 0 Å². The number of nitrogens with one attached hydrogen (secondary N) is 1. The van der Waals surface area contributed by atoms with Crippen LogP contribution >= 0.6 is 0 Å². The average molecular weight is 403 g/mol. The summed E-state index contributed by atoms with van der Waals surface area (Å²) >= 11 is 0. The minimum absolute atomic E-state index is 0.128. The van der Waals surface area contributed by atoms with Gasteiger partial charge in [-0.15, -0.1) is 0 Å². The van der Waals surface area contributed by atoms with Crippen LogP contribution in [0.15, 0.2) is 66.9 Å². The van der Waals surface area contributed by atoms with E-state index in [9.17, 15) is 4.79 Å². The molecule has 30 heavy (non-hydrogen) atoms. The number of amides is 1. The van der Waals surface area contributed by atoms with Crippen LogP contribution in [-0.4, -0.2) is 46.8 Å². The van der Waals surface area contributed by atoms with E-state index in [-0.39, 0.29) is 12.2 Å². The highest BCUT2D eigenvalue weighted by molar-refractivity contribution is 5.91. The summed E-state index contributed by atoms with van der Waals surface area (Å²) in [6, 6.07) is 20.1. The molecule has 1 aromatic heterocycles. The Morgan fingerprint density at radius 3 is 2.37 bits per heavy atom. The number of benzene rings is 2. The summed E-state index contributed by atoms with van der Waals surface area (Å²) in [5, 5.41) is 0. The fraction of sp³-hybridized carbons (Fsp3) is 0.333. The van der Waals surface area contributed by atoms with Crippen LogP contribution in [0, 0.1) is 0 Å². The number of aromatic nitrogens is 2. The van der Waals surface area contributed by atoms with Gasteiger partial charge in [0.15, 0.2) is 6.29 Å². The maximum atomic E-state index is 13.7. The van der Waals surface area contributed by atoms with E-state index in [4.69, 9.17) is 9.47 Å². The molecule has 3 aromatic rings. The smallest absolute Gasteiger partial charge is 0.233 e. The molecule has 2 heterocycles. The second-order valence-electron chi connectivity index (χ2n) is 7.93. The van der Waals surface area contributed by atoms with E-state index in [1.54, 1.807) is 6.20 Å². The van der Waals surface area contributed by atoms with Gasteiger partial charge in [0.25, 0.3) is 0 Å². The predicted octanol–water partition coefficient (Wildman–Crippen LogP) is 3.51. The molecule has 0 atom stereocenters. The molecule has 2 fully saturated rings. The van der Waals surface area contributed by atoms with Gasteiger partial charge in [-0.1, -0.05) is 60.7 Å². The fourth-order valence-corrected chi connectivity index (χ4v) is 4.11. The molecule has 0 unspecified atom stereocenters. The van der Waals surface area contributed by atoms with Crippen molar-refractivity contribution in [1.82, 2.24) is 14.9 Å². The van der Waals surface area contributed by atoms with E-state index in [1.807, 2.05) is 53.4 Å². The zero-order valence-corrected chi connectivity index (χ0v) is 16.8. The summed E-state index contributed by atoms with van der Waals surface area (Å²) in [5.74, 6) is 0.930. The number of carbonyl (C=O) groups excluding carboxylic acids is 1. The number of aromatic amines is 1. The third-order valence-electron chi connectivity index (χ3n) is 5.87. The number of H-pyrrole nitrogens is 1. The zero-order valence-electron chi connectivity index (χ0n) is 16.8. The van der Waals surface area contributed by atoms with E-state index in [0.717, 1.165) is 35.5 Å².